The van der Waals surface area contributed by atoms with Gasteiger partial charge < -0.3 is 0 Å². The number of benzene rings is 1. The van der Waals surface area contributed by atoms with E-state index >= 15 is 0 Å². The van der Waals surface area contributed by atoms with Gasteiger partial charge in [0.15, 0.2) is 5.78 Å². The van der Waals surface area contributed by atoms with Gasteiger partial charge in [-0.1, -0.05) is 18.5 Å². The quantitative estimate of drug-likeness (QED) is 0.868. The van der Waals surface area contributed by atoms with Crippen molar-refractivity contribution >= 4 is 23.2 Å². The second-order valence-electron chi connectivity index (χ2n) is 5.53. The second kappa shape index (κ2) is 5.98. The van der Waals surface area contributed by atoms with E-state index in [1.807, 2.05) is 6.07 Å². The number of carbonyl (C=O) groups excluding carboxylic acids is 2. The van der Waals surface area contributed by atoms with Crippen LogP contribution in [0.4, 0.5) is 0 Å². The van der Waals surface area contributed by atoms with Crippen molar-refractivity contribution in [2.45, 2.75) is 26.2 Å². The lowest BCUT2D eigenvalue weighted by Crippen LogP contribution is -2.27. The molecule has 23 heavy (non-hydrogen) atoms. The smallest absolute Gasteiger partial charge is 0.182 e. The van der Waals surface area contributed by atoms with Gasteiger partial charge in [-0.15, -0.1) is 0 Å². The van der Waals surface area contributed by atoms with E-state index in [4.69, 9.17) is 16.9 Å². The van der Waals surface area contributed by atoms with Crippen LogP contribution in [0.3, 0.4) is 0 Å². The van der Waals surface area contributed by atoms with E-state index in [0.29, 0.717) is 40.5 Å². The van der Waals surface area contributed by atoms with Crippen LogP contribution >= 0.6 is 11.6 Å². The van der Waals surface area contributed by atoms with Crippen LogP contribution in [-0.2, 0) is 11.2 Å². The molecule has 1 aromatic heterocycles. The van der Waals surface area contributed by atoms with Crippen LogP contribution in [0.5, 0.6) is 0 Å². The van der Waals surface area contributed by atoms with E-state index in [-0.39, 0.29) is 23.9 Å². The fraction of sp³-hybridized carbons (Fsp3) is 0.294. The van der Waals surface area contributed by atoms with Crippen molar-refractivity contribution in [3.8, 4) is 11.8 Å². The molecular weight excluding hydrogens is 314 g/mol. The first-order valence-electron chi connectivity index (χ1n) is 7.37. The zero-order valence-electron chi connectivity index (χ0n) is 12.5. The Bertz CT molecular complexity index is 848. The SMILES string of the molecule is CCC(=O)[C@H]1CC(=O)c2c(ncn2-c2ccc(C#N)c(Cl)c2)C1. The van der Waals surface area contributed by atoms with E-state index < -0.39 is 0 Å². The molecular formula is C17H14ClN3O2. The molecule has 6 heteroatoms. The second-order valence-corrected chi connectivity index (χ2v) is 5.94. The van der Waals surface area contributed by atoms with Gasteiger partial charge in [0, 0.05) is 30.9 Å². The van der Waals surface area contributed by atoms with Gasteiger partial charge in [-0.25, -0.2) is 4.98 Å². The first-order valence-corrected chi connectivity index (χ1v) is 7.75. The maximum atomic E-state index is 12.5. The minimum atomic E-state index is -0.270. The van der Waals surface area contributed by atoms with Gasteiger partial charge in [0.1, 0.15) is 23.9 Å². The van der Waals surface area contributed by atoms with Crippen LogP contribution < -0.4 is 0 Å². The molecule has 2 aromatic rings. The summed E-state index contributed by atoms with van der Waals surface area (Å²) in [6, 6.07) is 6.98. The highest BCUT2D eigenvalue weighted by Crippen LogP contribution is 2.29. The minimum absolute atomic E-state index is 0.0870. The number of hydrogen-bond acceptors (Lipinski definition) is 4. The van der Waals surface area contributed by atoms with Gasteiger partial charge in [-0.3, -0.25) is 14.2 Å². The third kappa shape index (κ3) is 2.66. The van der Waals surface area contributed by atoms with E-state index in [1.165, 1.54) is 0 Å². The third-order valence-corrected chi connectivity index (χ3v) is 4.45. The van der Waals surface area contributed by atoms with Crippen LogP contribution in [-0.4, -0.2) is 21.1 Å². The predicted octanol–water partition coefficient (Wildman–Crippen LogP) is 3.12. The highest BCUT2D eigenvalue weighted by Gasteiger charge is 2.32. The van der Waals surface area contributed by atoms with E-state index in [9.17, 15) is 9.59 Å². The number of halogens is 1. The molecule has 0 aliphatic heterocycles. The normalized spacial score (nSPS) is 16.7. The number of aromatic nitrogens is 2. The molecule has 0 fully saturated rings. The number of imidazole rings is 1. The number of nitriles is 1. The fourth-order valence-electron chi connectivity index (χ4n) is 2.91. The molecule has 1 aliphatic rings. The molecule has 0 N–H and O–H groups in total. The zero-order valence-corrected chi connectivity index (χ0v) is 13.3. The molecule has 1 atom stereocenters. The molecule has 0 bridgehead atoms. The van der Waals surface area contributed by atoms with Crippen LogP contribution in [0.1, 0.15) is 41.5 Å². The maximum Gasteiger partial charge on any atom is 0.182 e. The largest absolute Gasteiger partial charge is 0.299 e. The van der Waals surface area contributed by atoms with E-state index in [1.54, 1.807) is 36.0 Å². The lowest BCUT2D eigenvalue weighted by Gasteiger charge is -2.20. The molecule has 1 aliphatic carbocycles. The molecule has 0 spiro atoms. The molecule has 0 amide bonds. The summed E-state index contributed by atoms with van der Waals surface area (Å²) in [7, 11) is 0. The number of nitrogens with zero attached hydrogens (tertiary/aromatic N) is 3. The summed E-state index contributed by atoms with van der Waals surface area (Å²) in [5, 5.41) is 9.27. The van der Waals surface area contributed by atoms with Crippen LogP contribution in [0.25, 0.3) is 5.69 Å². The Morgan fingerprint density at radius 3 is 2.91 bits per heavy atom. The monoisotopic (exact) mass is 327 g/mol. The van der Waals surface area contributed by atoms with Crippen molar-refractivity contribution in [1.29, 1.82) is 5.26 Å². The Labute approximate surface area is 138 Å². The van der Waals surface area contributed by atoms with Crippen molar-refractivity contribution in [3.63, 3.8) is 0 Å². The summed E-state index contributed by atoms with van der Waals surface area (Å²) >= 11 is 6.06. The summed E-state index contributed by atoms with van der Waals surface area (Å²) in [5.41, 5.74) is 2.21. The minimum Gasteiger partial charge on any atom is -0.299 e. The summed E-state index contributed by atoms with van der Waals surface area (Å²) < 4.78 is 1.68. The molecule has 0 radical (unpaired) electrons. The number of rotatable bonds is 3. The Morgan fingerprint density at radius 2 is 2.26 bits per heavy atom. The lowest BCUT2D eigenvalue weighted by molar-refractivity contribution is -0.122. The van der Waals surface area contributed by atoms with Crippen molar-refractivity contribution in [1.82, 2.24) is 9.55 Å². The van der Waals surface area contributed by atoms with Gasteiger partial charge in [0.05, 0.1) is 16.3 Å². The van der Waals surface area contributed by atoms with Crippen molar-refractivity contribution in [2.24, 2.45) is 5.92 Å². The standard InChI is InChI=1S/C17H14ClN3O2/c1-2-15(22)11-5-14-17(16(23)6-11)21(9-20-14)12-4-3-10(8-19)13(18)7-12/h3-4,7,9,11H,2,5-6H2,1H3/t11-/m1/s1. The highest BCUT2D eigenvalue weighted by molar-refractivity contribution is 6.31. The van der Waals surface area contributed by atoms with Crippen LogP contribution in [0.15, 0.2) is 24.5 Å². The average molecular weight is 328 g/mol. The summed E-state index contributed by atoms with van der Waals surface area (Å²) in [4.78, 5) is 28.7. The number of carbonyl (C=O) groups is 2. The number of Topliss-reactive ketones (excluding diaryl/α,β-unsaturated/α-hetero) is 2. The molecule has 0 saturated heterocycles. The molecule has 1 aromatic carbocycles. The first kappa shape index (κ1) is 15.4. The van der Waals surface area contributed by atoms with E-state index in [2.05, 4.69) is 4.98 Å². The Balaban J connectivity index is 2.01. The number of hydrogen-bond donors (Lipinski definition) is 0. The fourth-order valence-corrected chi connectivity index (χ4v) is 3.13. The summed E-state index contributed by atoms with van der Waals surface area (Å²) in [6.45, 7) is 1.81. The molecule has 116 valence electrons. The van der Waals surface area contributed by atoms with Gasteiger partial charge >= 0.3 is 0 Å². The maximum absolute atomic E-state index is 12.5. The van der Waals surface area contributed by atoms with Crippen LogP contribution in [0, 0.1) is 17.2 Å². The first-order chi connectivity index (χ1) is 11.0. The average Bonchev–Trinajstić information content (AvgIpc) is 2.98. The lowest BCUT2D eigenvalue weighted by atomic mass is 9.85. The molecule has 1 heterocycles. The topological polar surface area (TPSA) is 75.8 Å². The molecule has 3 rings (SSSR count). The van der Waals surface area contributed by atoms with Crippen molar-refractivity contribution < 1.29 is 9.59 Å². The van der Waals surface area contributed by atoms with Crippen molar-refractivity contribution in [3.05, 3.63) is 46.5 Å². The number of fused-ring (bicyclic) bond motifs is 1. The van der Waals surface area contributed by atoms with Gasteiger partial charge in [0.2, 0.25) is 0 Å². The van der Waals surface area contributed by atoms with E-state index in [0.717, 1.165) is 0 Å². The predicted molar refractivity (Wildman–Crippen MR) is 84.7 cm³/mol. The highest BCUT2D eigenvalue weighted by atomic mass is 35.5. The zero-order chi connectivity index (χ0) is 16.6. The van der Waals surface area contributed by atoms with Crippen molar-refractivity contribution in [2.75, 3.05) is 0 Å². The van der Waals surface area contributed by atoms with Gasteiger partial charge in [-0.2, -0.15) is 5.26 Å². The summed E-state index contributed by atoms with van der Waals surface area (Å²) in [5.74, 6) is -0.260. The Morgan fingerprint density at radius 1 is 1.48 bits per heavy atom. The molecule has 5 nitrogen and oxygen atoms in total. The number of ketones is 2. The van der Waals surface area contributed by atoms with Gasteiger partial charge in [-0.05, 0) is 18.2 Å². The Kier molecular flexibility index (Phi) is 4.01. The Hall–Kier alpha value is -2.45. The molecule has 0 unspecified atom stereocenters. The third-order valence-electron chi connectivity index (χ3n) is 4.13. The van der Waals surface area contributed by atoms with Crippen LogP contribution in [0.2, 0.25) is 5.02 Å². The van der Waals surface area contributed by atoms with Gasteiger partial charge in [0.25, 0.3) is 0 Å². The molecule has 0 saturated carbocycles. The summed E-state index contributed by atoms with van der Waals surface area (Å²) in [6.07, 6.45) is 2.71.